The number of aryl methyl sites for hydroxylation is 1. The van der Waals surface area contributed by atoms with Crippen molar-refractivity contribution in [2.24, 2.45) is 5.14 Å². The summed E-state index contributed by atoms with van der Waals surface area (Å²) < 4.78 is 28.8. The Morgan fingerprint density at radius 2 is 1.92 bits per heavy atom. The van der Waals surface area contributed by atoms with E-state index in [0.717, 1.165) is 43.6 Å². The van der Waals surface area contributed by atoms with Crippen LogP contribution in [0.15, 0.2) is 47.4 Å². The summed E-state index contributed by atoms with van der Waals surface area (Å²) in [5, 5.41) is 5.32. The lowest BCUT2D eigenvalue weighted by Crippen LogP contribution is -2.22. The minimum absolute atomic E-state index is 0.0697. The van der Waals surface area contributed by atoms with Gasteiger partial charge in [0.15, 0.2) is 0 Å². The van der Waals surface area contributed by atoms with Crippen molar-refractivity contribution in [3.05, 3.63) is 59.2 Å². The molecule has 0 aromatic heterocycles. The normalized spacial score (nSPS) is 15.6. The SMILES string of the molecule is COc1cc2c(cc1S(N)(=O)=O)CCCN(Cc1ccccc1)C2. The molecule has 0 spiro atoms. The van der Waals surface area contributed by atoms with Crippen molar-refractivity contribution in [1.82, 2.24) is 4.90 Å². The molecule has 2 aromatic carbocycles. The number of fused-ring (bicyclic) bond motifs is 1. The molecule has 0 aliphatic carbocycles. The number of benzene rings is 2. The van der Waals surface area contributed by atoms with Crippen LogP contribution < -0.4 is 9.88 Å². The highest BCUT2D eigenvalue weighted by atomic mass is 32.2. The molecule has 128 valence electrons. The summed E-state index contributed by atoms with van der Waals surface area (Å²) in [4.78, 5) is 2.44. The lowest BCUT2D eigenvalue weighted by atomic mass is 10.0. The van der Waals surface area contributed by atoms with Crippen molar-refractivity contribution in [2.45, 2.75) is 30.8 Å². The van der Waals surface area contributed by atoms with Gasteiger partial charge < -0.3 is 4.74 Å². The summed E-state index contributed by atoms with van der Waals surface area (Å²) in [6.45, 7) is 2.61. The van der Waals surface area contributed by atoms with Crippen LogP contribution in [0.4, 0.5) is 0 Å². The Bertz CT molecular complexity index is 820. The van der Waals surface area contributed by atoms with E-state index in [2.05, 4.69) is 17.0 Å². The predicted octanol–water partition coefficient (Wildman–Crippen LogP) is 2.29. The van der Waals surface area contributed by atoms with Gasteiger partial charge in [-0.05, 0) is 48.2 Å². The lowest BCUT2D eigenvalue weighted by Gasteiger charge is -2.21. The summed E-state index contributed by atoms with van der Waals surface area (Å²) in [6, 6.07) is 13.8. The van der Waals surface area contributed by atoms with E-state index < -0.39 is 10.0 Å². The first-order chi connectivity index (χ1) is 11.5. The molecular weight excluding hydrogens is 324 g/mol. The molecule has 24 heavy (non-hydrogen) atoms. The van der Waals surface area contributed by atoms with Crippen LogP contribution in [-0.2, 0) is 29.5 Å². The molecule has 2 aromatic rings. The van der Waals surface area contributed by atoms with Crippen molar-refractivity contribution in [1.29, 1.82) is 0 Å². The second kappa shape index (κ2) is 6.93. The molecule has 0 amide bonds. The van der Waals surface area contributed by atoms with Crippen LogP contribution >= 0.6 is 0 Å². The van der Waals surface area contributed by atoms with Gasteiger partial charge in [-0.3, -0.25) is 4.90 Å². The molecular formula is C18H22N2O3S. The van der Waals surface area contributed by atoms with Crippen molar-refractivity contribution in [3.8, 4) is 5.75 Å². The lowest BCUT2D eigenvalue weighted by molar-refractivity contribution is 0.260. The largest absolute Gasteiger partial charge is 0.495 e. The highest BCUT2D eigenvalue weighted by Gasteiger charge is 2.21. The van der Waals surface area contributed by atoms with Crippen LogP contribution in [0, 0.1) is 0 Å². The van der Waals surface area contributed by atoms with Gasteiger partial charge in [0.05, 0.1) is 7.11 Å². The molecule has 3 rings (SSSR count). The fraction of sp³-hybridized carbons (Fsp3) is 0.333. The first-order valence-corrected chi connectivity index (χ1v) is 9.51. The smallest absolute Gasteiger partial charge is 0.241 e. The quantitative estimate of drug-likeness (QED) is 0.922. The Kier molecular flexibility index (Phi) is 4.89. The van der Waals surface area contributed by atoms with E-state index in [9.17, 15) is 8.42 Å². The highest BCUT2D eigenvalue weighted by molar-refractivity contribution is 7.89. The van der Waals surface area contributed by atoms with Gasteiger partial charge in [-0.2, -0.15) is 0 Å². The van der Waals surface area contributed by atoms with E-state index in [1.807, 2.05) is 24.3 Å². The second-order valence-corrected chi connectivity index (χ2v) is 7.65. The number of hydrogen-bond donors (Lipinski definition) is 1. The molecule has 1 aliphatic rings. The third kappa shape index (κ3) is 3.77. The van der Waals surface area contributed by atoms with Gasteiger partial charge in [0.25, 0.3) is 0 Å². The number of rotatable bonds is 4. The molecule has 0 fully saturated rings. The van der Waals surface area contributed by atoms with Gasteiger partial charge in [-0.25, -0.2) is 13.6 Å². The summed E-state index contributed by atoms with van der Waals surface area (Å²) in [5.41, 5.74) is 3.41. The second-order valence-electron chi connectivity index (χ2n) is 6.12. The number of ether oxygens (including phenoxy) is 1. The summed E-state index contributed by atoms with van der Waals surface area (Å²) in [7, 11) is -2.32. The molecule has 0 saturated carbocycles. The standard InChI is InChI=1S/C18H22N2O3S/c1-23-17-10-16-13-20(12-14-6-3-2-4-7-14)9-5-8-15(16)11-18(17)24(19,21)22/h2-4,6-7,10-11H,5,8-9,12-13H2,1H3,(H2,19,21,22). The minimum atomic E-state index is -3.79. The van der Waals surface area contributed by atoms with E-state index >= 15 is 0 Å². The van der Waals surface area contributed by atoms with Crippen LogP contribution in [0.2, 0.25) is 0 Å². The number of hydrogen-bond acceptors (Lipinski definition) is 4. The number of sulfonamides is 1. The molecule has 1 heterocycles. The number of nitrogens with zero attached hydrogens (tertiary/aromatic N) is 1. The van der Waals surface area contributed by atoms with E-state index in [-0.39, 0.29) is 4.90 Å². The maximum Gasteiger partial charge on any atom is 0.241 e. The molecule has 5 nitrogen and oxygen atoms in total. The predicted molar refractivity (Wildman–Crippen MR) is 93.2 cm³/mol. The number of nitrogens with two attached hydrogens (primary N) is 1. The van der Waals surface area contributed by atoms with Gasteiger partial charge in [-0.1, -0.05) is 30.3 Å². The van der Waals surface area contributed by atoms with E-state index in [1.165, 1.54) is 12.7 Å². The van der Waals surface area contributed by atoms with Crippen LogP contribution in [-0.4, -0.2) is 27.0 Å². The monoisotopic (exact) mass is 346 g/mol. The third-order valence-corrected chi connectivity index (χ3v) is 5.29. The fourth-order valence-corrected chi connectivity index (χ4v) is 3.92. The molecule has 0 atom stereocenters. The van der Waals surface area contributed by atoms with Crippen LogP contribution in [0.1, 0.15) is 23.1 Å². The van der Waals surface area contributed by atoms with Crippen molar-refractivity contribution in [2.75, 3.05) is 13.7 Å². The highest BCUT2D eigenvalue weighted by Crippen LogP contribution is 2.30. The molecule has 0 bridgehead atoms. The maximum absolute atomic E-state index is 11.8. The van der Waals surface area contributed by atoms with Crippen molar-refractivity contribution < 1.29 is 13.2 Å². The van der Waals surface area contributed by atoms with Gasteiger partial charge >= 0.3 is 0 Å². The molecule has 1 aliphatic heterocycles. The Labute approximate surface area is 143 Å². The zero-order valence-electron chi connectivity index (χ0n) is 13.7. The topological polar surface area (TPSA) is 72.6 Å². The van der Waals surface area contributed by atoms with Gasteiger partial charge in [0.1, 0.15) is 10.6 Å². The van der Waals surface area contributed by atoms with Crippen molar-refractivity contribution >= 4 is 10.0 Å². The summed E-state index contributed by atoms with van der Waals surface area (Å²) in [5.74, 6) is 0.317. The zero-order valence-corrected chi connectivity index (χ0v) is 14.6. The molecule has 0 unspecified atom stereocenters. The van der Waals surface area contributed by atoms with Crippen LogP contribution in [0.25, 0.3) is 0 Å². The fourth-order valence-electron chi connectivity index (χ4n) is 3.20. The Morgan fingerprint density at radius 3 is 2.58 bits per heavy atom. The maximum atomic E-state index is 11.8. The van der Waals surface area contributed by atoms with Gasteiger partial charge in [-0.15, -0.1) is 0 Å². The number of methoxy groups -OCH3 is 1. The molecule has 0 saturated heterocycles. The van der Waals surface area contributed by atoms with E-state index in [1.54, 1.807) is 6.07 Å². The van der Waals surface area contributed by atoms with Gasteiger partial charge in [0.2, 0.25) is 10.0 Å². The average Bonchev–Trinajstić information content (AvgIpc) is 2.74. The molecule has 2 N–H and O–H groups in total. The third-order valence-electron chi connectivity index (χ3n) is 4.36. The van der Waals surface area contributed by atoms with Gasteiger partial charge in [0, 0.05) is 13.1 Å². The Hall–Kier alpha value is -1.89. The summed E-state index contributed by atoms with van der Waals surface area (Å²) >= 11 is 0. The first kappa shape index (κ1) is 17.0. The first-order valence-electron chi connectivity index (χ1n) is 7.96. The average molecular weight is 346 g/mol. The number of primary sulfonamides is 1. The van der Waals surface area contributed by atoms with E-state index in [4.69, 9.17) is 9.88 Å². The zero-order chi connectivity index (χ0) is 17.2. The van der Waals surface area contributed by atoms with Crippen LogP contribution in [0.3, 0.4) is 0 Å². The Morgan fingerprint density at radius 1 is 1.17 bits per heavy atom. The van der Waals surface area contributed by atoms with Crippen LogP contribution in [0.5, 0.6) is 5.75 Å². The molecule has 6 heteroatoms. The summed E-state index contributed by atoms with van der Waals surface area (Å²) in [6.07, 6.45) is 1.82. The van der Waals surface area contributed by atoms with E-state index in [0.29, 0.717) is 5.75 Å². The Balaban J connectivity index is 1.90. The van der Waals surface area contributed by atoms with Crippen molar-refractivity contribution in [3.63, 3.8) is 0 Å². The molecule has 0 radical (unpaired) electrons. The minimum Gasteiger partial charge on any atom is -0.495 e.